The Morgan fingerprint density at radius 1 is 1.38 bits per heavy atom. The van der Waals surface area contributed by atoms with Crippen molar-refractivity contribution in [2.24, 2.45) is 0 Å². The van der Waals surface area contributed by atoms with Crippen LogP contribution in [0, 0.1) is 0 Å². The van der Waals surface area contributed by atoms with Gasteiger partial charge in [0.05, 0.1) is 12.1 Å². The van der Waals surface area contributed by atoms with Crippen molar-refractivity contribution >= 4 is 11.6 Å². The largest absolute Gasteiger partial charge is 0.391 e. The summed E-state index contributed by atoms with van der Waals surface area (Å²) in [6.07, 6.45) is 5.35. The van der Waals surface area contributed by atoms with Gasteiger partial charge < -0.3 is 15.3 Å². The number of anilines is 1. The van der Waals surface area contributed by atoms with E-state index in [-0.39, 0.29) is 18.1 Å². The van der Waals surface area contributed by atoms with Crippen LogP contribution >= 0.6 is 0 Å². The second-order valence-corrected chi connectivity index (χ2v) is 5.51. The minimum absolute atomic E-state index is 0.0483. The Morgan fingerprint density at radius 2 is 2.10 bits per heavy atom. The summed E-state index contributed by atoms with van der Waals surface area (Å²) in [6, 6.07) is 3.69. The fourth-order valence-electron chi connectivity index (χ4n) is 2.80. The Bertz CT molecular complexity index is 474. The van der Waals surface area contributed by atoms with E-state index >= 15 is 0 Å². The summed E-state index contributed by atoms with van der Waals surface area (Å²) in [5.41, 5.74) is 1.31. The average Bonchev–Trinajstić information content (AvgIpc) is 2.51. The van der Waals surface area contributed by atoms with E-state index in [0.717, 1.165) is 31.4 Å². The number of nitrogens with zero attached hydrogens (tertiary/aromatic N) is 2. The van der Waals surface area contributed by atoms with Crippen LogP contribution in [0.2, 0.25) is 0 Å². The van der Waals surface area contributed by atoms with Crippen molar-refractivity contribution in [2.45, 2.75) is 51.7 Å². The van der Waals surface area contributed by atoms with Crippen molar-refractivity contribution in [2.75, 3.05) is 18.4 Å². The number of carbonyl (C=O) groups excluding carboxylic acids is 1. The predicted octanol–water partition coefficient (Wildman–Crippen LogP) is 2.28. The summed E-state index contributed by atoms with van der Waals surface area (Å²) in [7, 11) is 0. The number of rotatable bonds is 5. The molecule has 1 aromatic rings. The topological polar surface area (TPSA) is 65.5 Å². The minimum atomic E-state index is -0.311. The van der Waals surface area contributed by atoms with Gasteiger partial charge in [-0.15, -0.1) is 0 Å². The van der Waals surface area contributed by atoms with E-state index in [1.54, 1.807) is 17.2 Å². The molecular formula is C16H25N3O2. The molecule has 5 nitrogen and oxygen atoms in total. The Labute approximate surface area is 126 Å². The second-order valence-electron chi connectivity index (χ2n) is 5.51. The number of aromatic nitrogens is 1. The van der Waals surface area contributed by atoms with Gasteiger partial charge in [-0.2, -0.15) is 0 Å². The van der Waals surface area contributed by atoms with Gasteiger partial charge >= 0.3 is 0 Å². The maximum Gasteiger partial charge on any atom is 0.272 e. The summed E-state index contributed by atoms with van der Waals surface area (Å²) in [5, 5.41) is 13.4. The molecule has 21 heavy (non-hydrogen) atoms. The highest BCUT2D eigenvalue weighted by atomic mass is 16.3. The smallest absolute Gasteiger partial charge is 0.272 e. The van der Waals surface area contributed by atoms with Crippen molar-refractivity contribution in [3.8, 4) is 0 Å². The molecule has 0 aliphatic heterocycles. The van der Waals surface area contributed by atoms with Crippen LogP contribution in [0.4, 0.5) is 5.69 Å². The lowest BCUT2D eigenvalue weighted by Crippen LogP contribution is -2.36. The molecule has 1 aliphatic rings. The third kappa shape index (κ3) is 3.94. The molecule has 0 bridgehead atoms. The molecule has 2 unspecified atom stereocenters. The Hall–Kier alpha value is -1.62. The highest BCUT2D eigenvalue weighted by Gasteiger charge is 2.23. The van der Waals surface area contributed by atoms with E-state index in [2.05, 4.69) is 10.3 Å². The van der Waals surface area contributed by atoms with Crippen LogP contribution < -0.4 is 5.32 Å². The van der Waals surface area contributed by atoms with Gasteiger partial charge in [0, 0.05) is 25.0 Å². The summed E-state index contributed by atoms with van der Waals surface area (Å²) in [4.78, 5) is 18.2. The SMILES string of the molecule is CCN(CC)C(=O)c1cc(NC2CCCCC2O)ccn1. The summed E-state index contributed by atoms with van der Waals surface area (Å²) in [6.45, 7) is 5.27. The third-order valence-electron chi connectivity index (χ3n) is 4.11. The number of aliphatic hydroxyl groups excluding tert-OH is 1. The van der Waals surface area contributed by atoms with Gasteiger partial charge in [-0.1, -0.05) is 12.8 Å². The summed E-state index contributed by atoms with van der Waals surface area (Å²) in [5.74, 6) is -0.0483. The van der Waals surface area contributed by atoms with Gasteiger partial charge in [-0.05, 0) is 38.8 Å². The van der Waals surface area contributed by atoms with Crippen molar-refractivity contribution < 1.29 is 9.90 Å². The molecule has 0 radical (unpaired) electrons. The molecule has 0 spiro atoms. The first-order valence-corrected chi connectivity index (χ1v) is 7.85. The maximum absolute atomic E-state index is 12.3. The van der Waals surface area contributed by atoms with Crippen LogP contribution in [0.15, 0.2) is 18.3 Å². The van der Waals surface area contributed by atoms with Crippen LogP contribution in [0.1, 0.15) is 50.0 Å². The Morgan fingerprint density at radius 3 is 2.76 bits per heavy atom. The highest BCUT2D eigenvalue weighted by Crippen LogP contribution is 2.22. The van der Waals surface area contributed by atoms with Crippen molar-refractivity contribution in [3.05, 3.63) is 24.0 Å². The molecule has 1 aromatic heterocycles. The lowest BCUT2D eigenvalue weighted by atomic mass is 9.92. The fraction of sp³-hybridized carbons (Fsp3) is 0.625. The number of pyridine rings is 1. The lowest BCUT2D eigenvalue weighted by molar-refractivity contribution is 0.0767. The molecule has 2 N–H and O–H groups in total. The van der Waals surface area contributed by atoms with Crippen LogP contribution in [0.25, 0.3) is 0 Å². The first kappa shape index (κ1) is 15.8. The van der Waals surface area contributed by atoms with E-state index in [1.165, 1.54) is 0 Å². The first-order valence-electron chi connectivity index (χ1n) is 7.85. The molecule has 2 rings (SSSR count). The molecule has 1 saturated carbocycles. The quantitative estimate of drug-likeness (QED) is 0.873. The zero-order valence-corrected chi connectivity index (χ0v) is 12.9. The zero-order chi connectivity index (χ0) is 15.2. The van der Waals surface area contributed by atoms with E-state index in [4.69, 9.17) is 0 Å². The van der Waals surface area contributed by atoms with Gasteiger partial charge in [-0.25, -0.2) is 0 Å². The maximum atomic E-state index is 12.3. The molecule has 1 amide bonds. The molecular weight excluding hydrogens is 266 g/mol. The molecule has 5 heteroatoms. The number of aliphatic hydroxyl groups is 1. The number of hydrogen-bond donors (Lipinski definition) is 2. The first-order chi connectivity index (χ1) is 10.2. The molecule has 1 heterocycles. The summed E-state index contributed by atoms with van der Waals surface area (Å²) >= 11 is 0. The fourth-order valence-corrected chi connectivity index (χ4v) is 2.80. The van der Waals surface area contributed by atoms with E-state index in [0.29, 0.717) is 18.8 Å². The predicted molar refractivity (Wildman–Crippen MR) is 83.4 cm³/mol. The molecule has 116 valence electrons. The van der Waals surface area contributed by atoms with Gasteiger partial charge in [0.15, 0.2) is 0 Å². The Balaban J connectivity index is 2.08. The molecule has 2 atom stereocenters. The van der Waals surface area contributed by atoms with Crippen LogP contribution in [-0.4, -0.2) is 46.1 Å². The molecule has 0 saturated heterocycles. The van der Waals surface area contributed by atoms with Gasteiger partial charge in [-0.3, -0.25) is 9.78 Å². The van der Waals surface area contributed by atoms with E-state index < -0.39 is 0 Å². The number of carbonyl (C=O) groups is 1. The number of amides is 1. The van der Waals surface area contributed by atoms with Crippen LogP contribution in [0.3, 0.4) is 0 Å². The average molecular weight is 291 g/mol. The summed E-state index contributed by atoms with van der Waals surface area (Å²) < 4.78 is 0. The van der Waals surface area contributed by atoms with Crippen LogP contribution in [-0.2, 0) is 0 Å². The van der Waals surface area contributed by atoms with Crippen molar-refractivity contribution in [1.82, 2.24) is 9.88 Å². The van der Waals surface area contributed by atoms with E-state index in [1.807, 2.05) is 19.9 Å². The van der Waals surface area contributed by atoms with Crippen LogP contribution in [0.5, 0.6) is 0 Å². The lowest BCUT2D eigenvalue weighted by Gasteiger charge is -2.29. The number of hydrogen-bond acceptors (Lipinski definition) is 4. The van der Waals surface area contributed by atoms with E-state index in [9.17, 15) is 9.90 Å². The third-order valence-corrected chi connectivity index (χ3v) is 4.11. The molecule has 1 aliphatic carbocycles. The van der Waals surface area contributed by atoms with Crippen molar-refractivity contribution in [1.29, 1.82) is 0 Å². The molecule has 0 aromatic carbocycles. The minimum Gasteiger partial charge on any atom is -0.391 e. The zero-order valence-electron chi connectivity index (χ0n) is 12.9. The van der Waals surface area contributed by atoms with Gasteiger partial charge in [0.1, 0.15) is 5.69 Å². The van der Waals surface area contributed by atoms with Gasteiger partial charge in [0.2, 0.25) is 0 Å². The van der Waals surface area contributed by atoms with Crippen molar-refractivity contribution in [3.63, 3.8) is 0 Å². The second kappa shape index (κ2) is 7.41. The normalized spacial score (nSPS) is 21.9. The van der Waals surface area contributed by atoms with Gasteiger partial charge in [0.25, 0.3) is 5.91 Å². The highest BCUT2D eigenvalue weighted by molar-refractivity contribution is 5.93. The Kier molecular flexibility index (Phi) is 5.56. The standard InChI is InChI=1S/C16H25N3O2/c1-3-19(4-2)16(21)14-11-12(9-10-17-14)18-13-7-5-6-8-15(13)20/h9-11,13,15,20H,3-8H2,1-2H3,(H,17,18). The monoisotopic (exact) mass is 291 g/mol. The molecule has 1 fully saturated rings. The number of nitrogens with one attached hydrogen (secondary N) is 1.